The van der Waals surface area contributed by atoms with E-state index in [1.807, 2.05) is 11.8 Å². The van der Waals surface area contributed by atoms with Crippen molar-refractivity contribution >= 4 is 17.5 Å². The summed E-state index contributed by atoms with van der Waals surface area (Å²) in [4.78, 5) is 28.6. The second-order valence-corrected chi connectivity index (χ2v) is 7.19. The van der Waals surface area contributed by atoms with Crippen LogP contribution < -0.4 is 15.4 Å². The Morgan fingerprint density at radius 1 is 1.18 bits per heavy atom. The number of piperazine rings is 1. The van der Waals surface area contributed by atoms with E-state index >= 15 is 0 Å². The number of alkyl halides is 2. The highest BCUT2D eigenvalue weighted by Gasteiger charge is 2.30. The number of nitrogens with zero attached hydrogens (tertiary/aromatic N) is 2. The first-order valence-corrected chi connectivity index (χ1v) is 9.53. The third kappa shape index (κ3) is 5.87. The van der Waals surface area contributed by atoms with Crippen molar-refractivity contribution in [3.63, 3.8) is 0 Å². The van der Waals surface area contributed by atoms with Crippen LogP contribution in [0, 0.1) is 0 Å². The minimum Gasteiger partial charge on any atom is -0.433 e. The summed E-state index contributed by atoms with van der Waals surface area (Å²) >= 11 is 0. The van der Waals surface area contributed by atoms with Crippen LogP contribution in [0.15, 0.2) is 24.3 Å². The molecule has 0 radical (unpaired) electrons. The smallest absolute Gasteiger partial charge is 0.387 e. The monoisotopic (exact) mass is 396 g/mol. The minimum atomic E-state index is -2.95. The zero-order valence-corrected chi connectivity index (χ0v) is 15.9. The molecule has 1 saturated carbocycles. The van der Waals surface area contributed by atoms with Gasteiger partial charge in [-0.1, -0.05) is 12.1 Å². The average Bonchev–Trinajstić information content (AvgIpc) is 3.47. The highest BCUT2D eigenvalue weighted by atomic mass is 19.3. The van der Waals surface area contributed by atoms with E-state index in [1.54, 1.807) is 12.1 Å². The van der Waals surface area contributed by atoms with Crippen molar-refractivity contribution in [2.75, 3.05) is 38.0 Å². The van der Waals surface area contributed by atoms with Gasteiger partial charge in [-0.15, -0.1) is 0 Å². The van der Waals surface area contributed by atoms with E-state index in [0.29, 0.717) is 32.2 Å². The molecule has 2 N–H and O–H groups in total. The van der Waals surface area contributed by atoms with Gasteiger partial charge in [0.15, 0.2) is 0 Å². The van der Waals surface area contributed by atoms with Crippen molar-refractivity contribution < 1.29 is 23.1 Å². The topological polar surface area (TPSA) is 73.9 Å². The Labute approximate surface area is 163 Å². The summed E-state index contributed by atoms with van der Waals surface area (Å²) in [6.07, 6.45) is 2.12. The summed E-state index contributed by atoms with van der Waals surface area (Å²) in [5, 5.41) is 5.64. The molecular formula is C19H26F2N4O3. The second-order valence-electron chi connectivity index (χ2n) is 7.19. The number of para-hydroxylation sites is 2. The van der Waals surface area contributed by atoms with Gasteiger partial charge in [-0.25, -0.2) is 0 Å². The zero-order valence-electron chi connectivity index (χ0n) is 15.9. The van der Waals surface area contributed by atoms with E-state index in [4.69, 9.17) is 0 Å². The minimum absolute atomic E-state index is 0.0596. The Kier molecular flexibility index (Phi) is 6.79. The number of halogens is 2. The molecule has 1 heterocycles. The highest BCUT2D eigenvalue weighted by Crippen LogP contribution is 2.25. The van der Waals surface area contributed by atoms with Gasteiger partial charge in [0.25, 0.3) is 0 Å². The number of ether oxygens (including phenoxy) is 1. The van der Waals surface area contributed by atoms with Gasteiger partial charge in [0.1, 0.15) is 5.75 Å². The van der Waals surface area contributed by atoms with E-state index in [-0.39, 0.29) is 35.8 Å². The first-order valence-electron chi connectivity index (χ1n) is 9.53. The maximum Gasteiger partial charge on any atom is 0.387 e. The fourth-order valence-corrected chi connectivity index (χ4v) is 3.19. The number of carbonyl (C=O) groups is 2. The molecule has 2 amide bonds. The normalized spacial score (nSPS) is 19.3. The van der Waals surface area contributed by atoms with Crippen LogP contribution in [-0.2, 0) is 9.59 Å². The molecule has 7 nitrogen and oxygen atoms in total. The van der Waals surface area contributed by atoms with Crippen molar-refractivity contribution in [2.45, 2.75) is 38.5 Å². The molecule has 3 rings (SSSR count). The lowest BCUT2D eigenvalue weighted by Crippen LogP contribution is -2.55. The van der Waals surface area contributed by atoms with E-state index in [0.717, 1.165) is 12.8 Å². The molecule has 1 unspecified atom stereocenters. The summed E-state index contributed by atoms with van der Waals surface area (Å²) in [6, 6.07) is 6.27. The molecule has 2 fully saturated rings. The van der Waals surface area contributed by atoms with Gasteiger partial charge < -0.3 is 15.4 Å². The van der Waals surface area contributed by atoms with Crippen LogP contribution in [0.1, 0.15) is 19.8 Å². The molecule has 1 atom stereocenters. The molecule has 28 heavy (non-hydrogen) atoms. The highest BCUT2D eigenvalue weighted by molar-refractivity contribution is 5.93. The first-order chi connectivity index (χ1) is 13.4. The Morgan fingerprint density at radius 3 is 2.50 bits per heavy atom. The van der Waals surface area contributed by atoms with Gasteiger partial charge in [-0.3, -0.25) is 19.4 Å². The predicted molar refractivity (Wildman–Crippen MR) is 100 cm³/mol. The molecule has 1 aromatic carbocycles. The van der Waals surface area contributed by atoms with Gasteiger partial charge in [0.2, 0.25) is 11.8 Å². The number of carbonyl (C=O) groups excluding carboxylic acids is 2. The predicted octanol–water partition coefficient (Wildman–Crippen LogP) is 1.51. The summed E-state index contributed by atoms with van der Waals surface area (Å²) in [5.74, 6) is -0.297. The zero-order chi connectivity index (χ0) is 20.1. The van der Waals surface area contributed by atoms with Crippen molar-refractivity contribution in [1.82, 2.24) is 15.1 Å². The van der Waals surface area contributed by atoms with Crippen LogP contribution in [0.2, 0.25) is 0 Å². The van der Waals surface area contributed by atoms with Gasteiger partial charge in [-0.2, -0.15) is 8.78 Å². The van der Waals surface area contributed by atoms with Crippen LogP contribution in [0.25, 0.3) is 0 Å². The molecule has 9 heteroatoms. The quantitative estimate of drug-likeness (QED) is 0.697. The third-order valence-corrected chi connectivity index (χ3v) is 5.00. The Morgan fingerprint density at radius 2 is 1.86 bits per heavy atom. The van der Waals surface area contributed by atoms with Crippen LogP contribution in [0.5, 0.6) is 5.75 Å². The Hall–Kier alpha value is -2.26. The molecule has 1 aliphatic heterocycles. The van der Waals surface area contributed by atoms with Crippen LogP contribution in [-0.4, -0.2) is 73.0 Å². The molecule has 0 bridgehead atoms. The summed E-state index contributed by atoms with van der Waals surface area (Å²) in [7, 11) is 0. The molecule has 0 aromatic heterocycles. The number of rotatable bonds is 8. The summed E-state index contributed by atoms with van der Waals surface area (Å²) < 4.78 is 29.4. The van der Waals surface area contributed by atoms with Gasteiger partial charge in [0.05, 0.1) is 18.3 Å². The molecule has 0 spiro atoms. The van der Waals surface area contributed by atoms with Crippen molar-refractivity contribution in [3.05, 3.63) is 24.3 Å². The van der Waals surface area contributed by atoms with Crippen molar-refractivity contribution in [1.29, 1.82) is 0 Å². The first kappa shape index (κ1) is 20.5. The standard InChI is InChI=1S/C19H26F2N4O3/c1-13(18(27)22-14-6-7-14)25-10-8-24(9-11-25)12-17(26)23-15-4-2-3-5-16(15)28-19(20)21/h2-5,13-14,19H,6-12H2,1H3,(H,22,27)(H,23,26). The van der Waals surface area contributed by atoms with E-state index in [9.17, 15) is 18.4 Å². The summed E-state index contributed by atoms with van der Waals surface area (Å²) in [6.45, 7) is 1.80. The Bertz CT molecular complexity index is 692. The van der Waals surface area contributed by atoms with Crippen LogP contribution >= 0.6 is 0 Å². The second kappa shape index (κ2) is 9.29. The van der Waals surface area contributed by atoms with Crippen LogP contribution in [0.4, 0.5) is 14.5 Å². The van der Waals surface area contributed by atoms with Crippen molar-refractivity contribution in [2.24, 2.45) is 0 Å². The molecular weight excluding hydrogens is 370 g/mol. The number of amides is 2. The van der Waals surface area contributed by atoms with E-state index in [1.165, 1.54) is 12.1 Å². The Balaban J connectivity index is 1.44. The number of hydrogen-bond acceptors (Lipinski definition) is 5. The molecule has 1 aliphatic carbocycles. The van der Waals surface area contributed by atoms with Crippen molar-refractivity contribution in [3.8, 4) is 5.75 Å². The third-order valence-electron chi connectivity index (χ3n) is 5.00. The summed E-state index contributed by atoms with van der Waals surface area (Å²) in [5.41, 5.74) is 0.219. The largest absolute Gasteiger partial charge is 0.433 e. The lowest BCUT2D eigenvalue weighted by Gasteiger charge is -2.37. The lowest BCUT2D eigenvalue weighted by atomic mass is 10.2. The fourth-order valence-electron chi connectivity index (χ4n) is 3.19. The molecule has 1 aromatic rings. The van der Waals surface area contributed by atoms with Gasteiger partial charge in [-0.05, 0) is 31.9 Å². The lowest BCUT2D eigenvalue weighted by molar-refractivity contribution is -0.127. The number of hydrogen-bond donors (Lipinski definition) is 2. The maximum atomic E-state index is 12.5. The van der Waals surface area contributed by atoms with Gasteiger partial charge >= 0.3 is 6.61 Å². The van der Waals surface area contributed by atoms with Gasteiger partial charge in [0, 0.05) is 32.2 Å². The van der Waals surface area contributed by atoms with Crippen LogP contribution in [0.3, 0.4) is 0 Å². The number of benzene rings is 1. The fraction of sp³-hybridized carbons (Fsp3) is 0.579. The molecule has 2 aliphatic rings. The average molecular weight is 396 g/mol. The number of anilines is 1. The van der Waals surface area contributed by atoms with E-state index in [2.05, 4.69) is 20.3 Å². The molecule has 154 valence electrons. The number of nitrogens with one attached hydrogen (secondary N) is 2. The molecule has 1 saturated heterocycles. The maximum absolute atomic E-state index is 12.5. The SMILES string of the molecule is CC(C(=O)NC1CC1)N1CCN(CC(=O)Nc2ccccc2OC(F)F)CC1. The van der Waals surface area contributed by atoms with E-state index < -0.39 is 6.61 Å².